The third-order valence-corrected chi connectivity index (χ3v) is 5.84. The highest BCUT2D eigenvalue weighted by Crippen LogP contribution is 2.45. The minimum atomic E-state index is -1.01. The second kappa shape index (κ2) is 6.50. The van der Waals surface area contributed by atoms with Crippen LogP contribution in [0, 0.1) is 6.92 Å². The van der Waals surface area contributed by atoms with Crippen molar-refractivity contribution < 1.29 is 14.4 Å². The normalized spacial score (nSPS) is 24.9. The molecule has 0 spiro atoms. The van der Waals surface area contributed by atoms with Gasteiger partial charge < -0.3 is 14.5 Å². The van der Waals surface area contributed by atoms with Gasteiger partial charge in [0.1, 0.15) is 0 Å². The van der Waals surface area contributed by atoms with E-state index >= 15 is 0 Å². The van der Waals surface area contributed by atoms with Crippen molar-refractivity contribution in [2.75, 3.05) is 13.1 Å². The van der Waals surface area contributed by atoms with E-state index in [0.29, 0.717) is 31.2 Å². The molecule has 6 nitrogen and oxygen atoms in total. The molecule has 26 heavy (non-hydrogen) atoms. The largest absolute Gasteiger partial charge is 0.388 e. The fourth-order valence-corrected chi connectivity index (χ4v) is 4.34. The molecule has 1 N–H and O–H groups in total. The lowest BCUT2D eigenvalue weighted by Crippen LogP contribution is -2.58. The lowest BCUT2D eigenvalue weighted by molar-refractivity contribution is -0.148. The molecule has 1 saturated heterocycles. The number of amides is 1. The van der Waals surface area contributed by atoms with Crippen LogP contribution in [0.2, 0.25) is 0 Å². The topological polar surface area (TPSA) is 79.5 Å². The van der Waals surface area contributed by atoms with Gasteiger partial charge in [-0.15, -0.1) is 0 Å². The van der Waals surface area contributed by atoms with Gasteiger partial charge >= 0.3 is 0 Å². The highest BCUT2D eigenvalue weighted by Gasteiger charge is 2.49. The van der Waals surface area contributed by atoms with E-state index < -0.39 is 11.0 Å². The van der Waals surface area contributed by atoms with Crippen LogP contribution < -0.4 is 0 Å². The molecule has 138 valence electrons. The van der Waals surface area contributed by atoms with Gasteiger partial charge in [0, 0.05) is 13.1 Å². The molecule has 2 fully saturated rings. The summed E-state index contributed by atoms with van der Waals surface area (Å²) in [6.45, 7) is 2.77. The van der Waals surface area contributed by atoms with Crippen molar-refractivity contribution in [3.05, 3.63) is 47.6 Å². The van der Waals surface area contributed by atoms with Gasteiger partial charge in [0.05, 0.1) is 17.4 Å². The molecule has 0 bridgehead atoms. The number of aliphatic hydroxyl groups is 1. The number of benzene rings is 1. The van der Waals surface area contributed by atoms with E-state index in [0.717, 1.165) is 31.2 Å². The third-order valence-electron chi connectivity index (χ3n) is 5.84. The van der Waals surface area contributed by atoms with Crippen molar-refractivity contribution in [3.8, 4) is 0 Å². The van der Waals surface area contributed by atoms with Gasteiger partial charge in [0.15, 0.2) is 5.82 Å². The van der Waals surface area contributed by atoms with E-state index in [4.69, 9.17) is 4.52 Å². The van der Waals surface area contributed by atoms with Crippen LogP contribution in [-0.4, -0.2) is 44.7 Å². The van der Waals surface area contributed by atoms with E-state index in [1.165, 1.54) is 0 Å². The molecule has 2 aromatic rings. The number of hydrogen-bond acceptors (Lipinski definition) is 5. The Kier molecular flexibility index (Phi) is 4.31. The summed E-state index contributed by atoms with van der Waals surface area (Å²) in [5.41, 5.74) is -0.326. The number of carbonyl (C=O) groups is 1. The minimum Gasteiger partial charge on any atom is -0.388 e. The van der Waals surface area contributed by atoms with Gasteiger partial charge in [0.25, 0.3) is 0 Å². The van der Waals surface area contributed by atoms with Crippen molar-refractivity contribution in [1.29, 1.82) is 0 Å². The summed E-state index contributed by atoms with van der Waals surface area (Å²) < 4.78 is 5.17. The Morgan fingerprint density at radius 1 is 1.23 bits per heavy atom. The van der Waals surface area contributed by atoms with Crippen LogP contribution in [0.3, 0.4) is 0 Å². The predicted octanol–water partition coefficient (Wildman–Crippen LogP) is 2.40. The molecule has 1 amide bonds. The summed E-state index contributed by atoms with van der Waals surface area (Å²) in [5.74, 6) is 1.14. The summed E-state index contributed by atoms with van der Waals surface area (Å²) in [5, 5.41) is 14.8. The maximum absolute atomic E-state index is 13.4. The maximum Gasteiger partial charge on any atom is 0.233 e. The Morgan fingerprint density at radius 2 is 2.00 bits per heavy atom. The first kappa shape index (κ1) is 17.2. The molecule has 1 aromatic heterocycles. The van der Waals surface area contributed by atoms with E-state index in [1.54, 1.807) is 6.92 Å². The van der Waals surface area contributed by atoms with Crippen LogP contribution in [0.15, 0.2) is 34.9 Å². The van der Waals surface area contributed by atoms with Crippen molar-refractivity contribution >= 4 is 5.91 Å². The number of piperidine rings is 1. The molecule has 1 atom stereocenters. The Labute approximate surface area is 153 Å². The van der Waals surface area contributed by atoms with E-state index in [9.17, 15) is 9.90 Å². The Hall–Kier alpha value is -2.21. The molecule has 2 aliphatic rings. The van der Waals surface area contributed by atoms with Gasteiger partial charge in [-0.2, -0.15) is 4.98 Å². The quantitative estimate of drug-likeness (QED) is 0.911. The van der Waals surface area contributed by atoms with Crippen molar-refractivity contribution in [2.24, 2.45) is 0 Å². The molecule has 0 radical (unpaired) electrons. The van der Waals surface area contributed by atoms with Crippen LogP contribution in [0.1, 0.15) is 49.4 Å². The summed E-state index contributed by atoms with van der Waals surface area (Å²) in [4.78, 5) is 19.5. The smallest absolute Gasteiger partial charge is 0.233 e. The van der Waals surface area contributed by atoms with Crippen LogP contribution in [0.4, 0.5) is 0 Å². The van der Waals surface area contributed by atoms with Crippen LogP contribution >= 0.6 is 0 Å². The fourth-order valence-electron chi connectivity index (χ4n) is 4.34. The lowest BCUT2D eigenvalue weighted by Gasteiger charge is -2.47. The average molecular weight is 355 g/mol. The Morgan fingerprint density at radius 3 is 2.62 bits per heavy atom. The number of likely N-dealkylation sites (tertiary alicyclic amines) is 1. The number of nitrogens with zero attached hydrogens (tertiary/aromatic N) is 3. The van der Waals surface area contributed by atoms with Crippen molar-refractivity contribution in [1.82, 2.24) is 15.0 Å². The summed E-state index contributed by atoms with van der Waals surface area (Å²) in [7, 11) is 0. The average Bonchev–Trinajstić information content (AvgIpc) is 2.99. The third kappa shape index (κ3) is 3.03. The molecule has 1 aliphatic carbocycles. The number of carbonyl (C=O) groups excluding carboxylic acids is 1. The lowest BCUT2D eigenvalue weighted by atomic mass is 9.63. The number of β-amino-alcohol motifs (C(OH)–C–C–N with tert-alkyl or cyclic N) is 1. The van der Waals surface area contributed by atoms with E-state index in [-0.39, 0.29) is 12.3 Å². The molecule has 1 aromatic carbocycles. The maximum atomic E-state index is 13.4. The Balaban J connectivity index is 1.52. The first-order chi connectivity index (χ1) is 12.5. The van der Waals surface area contributed by atoms with Gasteiger partial charge in [0.2, 0.25) is 11.8 Å². The van der Waals surface area contributed by atoms with Crippen LogP contribution in [0.25, 0.3) is 0 Å². The zero-order valence-corrected chi connectivity index (χ0v) is 15.1. The highest BCUT2D eigenvalue weighted by molar-refractivity contribution is 5.89. The molecular weight excluding hydrogens is 330 g/mol. The first-order valence-corrected chi connectivity index (χ1v) is 9.37. The summed E-state index contributed by atoms with van der Waals surface area (Å²) in [6.07, 6.45) is 4.54. The molecule has 1 unspecified atom stereocenters. The zero-order chi connectivity index (χ0) is 18.2. The number of hydrogen-bond donors (Lipinski definition) is 1. The second-order valence-corrected chi connectivity index (χ2v) is 7.77. The summed E-state index contributed by atoms with van der Waals surface area (Å²) in [6, 6.07) is 10.1. The minimum absolute atomic E-state index is 0.148. The standard InChI is InChI=1S/C20H25N3O3/c1-15-21-17(26-22-15)13-19(25)9-6-12-23(14-19)18(24)20(10-5-11-20)16-7-3-2-4-8-16/h2-4,7-8,25H,5-6,9-14H2,1H3. The molecule has 1 saturated carbocycles. The SMILES string of the molecule is Cc1noc(CC2(O)CCCN(C(=O)C3(c4ccccc4)CCC3)C2)n1. The first-order valence-electron chi connectivity index (χ1n) is 9.37. The van der Waals surface area contributed by atoms with E-state index in [2.05, 4.69) is 22.3 Å². The number of aryl methyl sites for hydroxylation is 1. The Bertz CT molecular complexity index is 785. The summed E-state index contributed by atoms with van der Waals surface area (Å²) >= 11 is 0. The van der Waals surface area contributed by atoms with Gasteiger partial charge in [-0.3, -0.25) is 4.79 Å². The number of rotatable bonds is 4. The molecule has 2 heterocycles. The van der Waals surface area contributed by atoms with E-state index in [1.807, 2.05) is 23.1 Å². The molecule has 1 aliphatic heterocycles. The molecule has 4 rings (SSSR count). The zero-order valence-electron chi connectivity index (χ0n) is 15.1. The second-order valence-electron chi connectivity index (χ2n) is 7.77. The van der Waals surface area contributed by atoms with Crippen molar-refractivity contribution in [2.45, 2.75) is 56.5 Å². The molecule has 6 heteroatoms. The van der Waals surface area contributed by atoms with Crippen LogP contribution in [-0.2, 0) is 16.6 Å². The predicted molar refractivity (Wildman–Crippen MR) is 95.5 cm³/mol. The fraction of sp³-hybridized carbons (Fsp3) is 0.550. The highest BCUT2D eigenvalue weighted by atomic mass is 16.5. The number of aromatic nitrogens is 2. The molecular formula is C20H25N3O3. The van der Waals surface area contributed by atoms with Crippen LogP contribution in [0.5, 0.6) is 0 Å². The van der Waals surface area contributed by atoms with Crippen molar-refractivity contribution in [3.63, 3.8) is 0 Å². The van der Waals surface area contributed by atoms with Gasteiger partial charge in [-0.25, -0.2) is 0 Å². The monoisotopic (exact) mass is 355 g/mol. The van der Waals surface area contributed by atoms with Gasteiger partial charge in [-0.1, -0.05) is 41.9 Å². The van der Waals surface area contributed by atoms with Gasteiger partial charge in [-0.05, 0) is 38.2 Å².